The first-order valence-corrected chi connectivity index (χ1v) is 8.23. The van der Waals surface area contributed by atoms with Gasteiger partial charge in [0.05, 0.1) is 12.8 Å². The number of hydrogen-bond acceptors (Lipinski definition) is 3. The predicted octanol–water partition coefficient (Wildman–Crippen LogP) is 4.71. The Balaban J connectivity index is 2.85. The van der Waals surface area contributed by atoms with Gasteiger partial charge in [-0.25, -0.2) is 4.57 Å². The number of hydrogen-bond donors (Lipinski definition) is 0. The van der Waals surface area contributed by atoms with E-state index in [0.717, 1.165) is 24.0 Å². The molecule has 0 N–H and O–H groups in total. The van der Waals surface area contributed by atoms with E-state index in [2.05, 4.69) is 13.0 Å². The summed E-state index contributed by atoms with van der Waals surface area (Å²) in [6, 6.07) is 5.85. The Morgan fingerprint density at radius 2 is 1.72 bits per heavy atom. The maximum Gasteiger partial charge on any atom is 0.379 e. The highest BCUT2D eigenvalue weighted by atomic mass is 31.2. The molecule has 0 aliphatic carbocycles. The smallest absolute Gasteiger partial charge is 0.379 e. The predicted molar refractivity (Wildman–Crippen MR) is 75.6 cm³/mol. The third-order valence-electron chi connectivity index (χ3n) is 2.55. The van der Waals surface area contributed by atoms with Gasteiger partial charge in [0.25, 0.3) is 0 Å². The maximum atomic E-state index is 12.5. The Morgan fingerprint density at radius 1 is 1.11 bits per heavy atom. The number of benzene rings is 1. The molecule has 0 radical (unpaired) electrons. The Bertz CT molecular complexity index is 409. The first kappa shape index (κ1) is 15.3. The van der Waals surface area contributed by atoms with Crippen molar-refractivity contribution in [2.24, 2.45) is 0 Å². The molecule has 0 aromatic heterocycles. The SMILES string of the molecule is CCCCP(=O)(OCC)Oc1cc(C)cc(C)c1. The average Bonchev–Trinajstić information content (AvgIpc) is 2.25. The standard InChI is InChI=1S/C14H23O3P/c1-5-7-8-18(15,16-6-2)17-14-10-12(3)9-13(4)11-14/h9-11H,5-8H2,1-4H3. The van der Waals surface area contributed by atoms with Crippen LogP contribution in [0, 0.1) is 13.8 Å². The molecular formula is C14H23O3P. The Hall–Kier alpha value is -0.790. The van der Waals surface area contributed by atoms with Crippen molar-refractivity contribution in [3.05, 3.63) is 29.3 Å². The third kappa shape index (κ3) is 4.83. The quantitative estimate of drug-likeness (QED) is 0.673. The van der Waals surface area contributed by atoms with Crippen molar-refractivity contribution < 1.29 is 13.6 Å². The Kier molecular flexibility index (Phi) is 5.90. The van der Waals surface area contributed by atoms with Gasteiger partial charge in [0.2, 0.25) is 0 Å². The van der Waals surface area contributed by atoms with Crippen molar-refractivity contribution in [2.45, 2.75) is 40.5 Å². The molecule has 3 nitrogen and oxygen atoms in total. The molecule has 0 bridgehead atoms. The molecule has 0 saturated heterocycles. The molecule has 1 atom stereocenters. The molecule has 1 aromatic rings. The fourth-order valence-electron chi connectivity index (χ4n) is 1.83. The highest BCUT2D eigenvalue weighted by Gasteiger charge is 2.24. The topological polar surface area (TPSA) is 35.5 Å². The zero-order chi connectivity index (χ0) is 13.6. The second kappa shape index (κ2) is 6.96. The van der Waals surface area contributed by atoms with Crippen LogP contribution in [0.1, 0.15) is 37.8 Å². The second-order valence-corrected chi connectivity index (χ2v) is 6.63. The van der Waals surface area contributed by atoms with Crippen molar-refractivity contribution in [3.63, 3.8) is 0 Å². The van der Waals surface area contributed by atoms with Crippen LogP contribution in [0.2, 0.25) is 0 Å². The number of aryl methyl sites for hydroxylation is 2. The second-order valence-electron chi connectivity index (χ2n) is 4.52. The summed E-state index contributed by atoms with van der Waals surface area (Å²) in [7, 11) is -3.00. The van der Waals surface area contributed by atoms with E-state index in [1.54, 1.807) is 0 Å². The van der Waals surface area contributed by atoms with Crippen molar-refractivity contribution in [2.75, 3.05) is 12.8 Å². The molecule has 1 unspecified atom stereocenters. The van der Waals surface area contributed by atoms with E-state index in [1.165, 1.54) is 0 Å². The van der Waals surface area contributed by atoms with Crippen LogP contribution in [0.4, 0.5) is 0 Å². The van der Waals surface area contributed by atoms with Gasteiger partial charge in [-0.15, -0.1) is 0 Å². The van der Waals surface area contributed by atoms with Crippen LogP contribution in [-0.2, 0) is 9.09 Å². The van der Waals surface area contributed by atoms with E-state index in [0.29, 0.717) is 18.5 Å². The van der Waals surface area contributed by atoms with Gasteiger partial charge >= 0.3 is 7.60 Å². The molecular weight excluding hydrogens is 247 g/mol. The first-order chi connectivity index (χ1) is 8.49. The summed E-state index contributed by atoms with van der Waals surface area (Å²) in [5, 5.41) is 0. The molecule has 1 aromatic carbocycles. The van der Waals surface area contributed by atoms with E-state index >= 15 is 0 Å². The molecule has 0 aliphatic rings. The highest BCUT2D eigenvalue weighted by molar-refractivity contribution is 7.54. The molecule has 4 heteroatoms. The van der Waals surface area contributed by atoms with Crippen LogP contribution >= 0.6 is 7.60 Å². The lowest BCUT2D eigenvalue weighted by Crippen LogP contribution is -2.03. The monoisotopic (exact) mass is 270 g/mol. The lowest BCUT2D eigenvalue weighted by atomic mass is 10.1. The summed E-state index contributed by atoms with van der Waals surface area (Å²) in [6.45, 7) is 8.30. The van der Waals surface area contributed by atoms with Gasteiger partial charge in [-0.3, -0.25) is 0 Å². The lowest BCUT2D eigenvalue weighted by Gasteiger charge is -2.19. The van der Waals surface area contributed by atoms with Gasteiger partial charge in [-0.05, 0) is 50.5 Å². The zero-order valence-corrected chi connectivity index (χ0v) is 12.6. The summed E-state index contributed by atoms with van der Waals surface area (Å²) in [5.41, 5.74) is 2.20. The molecule has 0 heterocycles. The van der Waals surface area contributed by atoms with Crippen LogP contribution in [0.25, 0.3) is 0 Å². The van der Waals surface area contributed by atoms with E-state index in [9.17, 15) is 4.57 Å². The summed E-state index contributed by atoms with van der Waals surface area (Å²) in [4.78, 5) is 0. The van der Waals surface area contributed by atoms with E-state index in [-0.39, 0.29) is 0 Å². The lowest BCUT2D eigenvalue weighted by molar-refractivity contribution is 0.278. The van der Waals surface area contributed by atoms with Crippen molar-refractivity contribution in [3.8, 4) is 5.75 Å². The van der Waals surface area contributed by atoms with Crippen LogP contribution in [-0.4, -0.2) is 12.8 Å². The Labute approximate surface area is 110 Å². The van der Waals surface area contributed by atoms with Crippen molar-refractivity contribution in [1.82, 2.24) is 0 Å². The molecule has 18 heavy (non-hydrogen) atoms. The molecule has 102 valence electrons. The number of unbranched alkanes of at least 4 members (excludes halogenated alkanes) is 1. The maximum absolute atomic E-state index is 12.5. The summed E-state index contributed by atoms with van der Waals surface area (Å²) in [5.74, 6) is 0.639. The van der Waals surface area contributed by atoms with Gasteiger partial charge in [0.15, 0.2) is 0 Å². The van der Waals surface area contributed by atoms with Crippen molar-refractivity contribution >= 4 is 7.60 Å². The third-order valence-corrected chi connectivity index (χ3v) is 4.56. The largest absolute Gasteiger partial charge is 0.424 e. The summed E-state index contributed by atoms with van der Waals surface area (Å²) < 4.78 is 23.5. The van der Waals surface area contributed by atoms with Crippen LogP contribution in [0.5, 0.6) is 5.75 Å². The molecule has 0 spiro atoms. The summed E-state index contributed by atoms with van der Waals surface area (Å²) >= 11 is 0. The van der Waals surface area contributed by atoms with Crippen LogP contribution < -0.4 is 4.52 Å². The Morgan fingerprint density at radius 3 is 2.22 bits per heavy atom. The van der Waals surface area contributed by atoms with Gasteiger partial charge < -0.3 is 9.05 Å². The minimum Gasteiger partial charge on any atom is -0.424 e. The van der Waals surface area contributed by atoms with E-state index in [1.807, 2.05) is 32.9 Å². The fourth-order valence-corrected chi connectivity index (χ4v) is 3.63. The number of rotatable bonds is 7. The fraction of sp³-hybridized carbons (Fsp3) is 0.571. The molecule has 0 aliphatic heterocycles. The van der Waals surface area contributed by atoms with E-state index in [4.69, 9.17) is 9.05 Å². The average molecular weight is 270 g/mol. The van der Waals surface area contributed by atoms with Crippen LogP contribution in [0.3, 0.4) is 0 Å². The first-order valence-electron chi connectivity index (χ1n) is 6.50. The van der Waals surface area contributed by atoms with E-state index < -0.39 is 7.60 Å². The van der Waals surface area contributed by atoms with Gasteiger partial charge in [-0.1, -0.05) is 19.4 Å². The van der Waals surface area contributed by atoms with Gasteiger partial charge in [0.1, 0.15) is 5.75 Å². The van der Waals surface area contributed by atoms with Gasteiger partial charge in [0, 0.05) is 0 Å². The van der Waals surface area contributed by atoms with Gasteiger partial charge in [-0.2, -0.15) is 0 Å². The summed E-state index contributed by atoms with van der Waals surface area (Å²) in [6.07, 6.45) is 2.31. The van der Waals surface area contributed by atoms with Crippen molar-refractivity contribution in [1.29, 1.82) is 0 Å². The van der Waals surface area contributed by atoms with Crippen LogP contribution in [0.15, 0.2) is 18.2 Å². The zero-order valence-electron chi connectivity index (χ0n) is 11.7. The molecule has 0 amide bonds. The highest BCUT2D eigenvalue weighted by Crippen LogP contribution is 2.49. The molecule has 1 rings (SSSR count). The minimum atomic E-state index is -3.00. The molecule has 0 fully saturated rings. The minimum absolute atomic E-state index is 0.409. The molecule has 0 saturated carbocycles. The normalized spacial score (nSPS) is 14.2.